The lowest BCUT2D eigenvalue weighted by Crippen LogP contribution is -2.30. The number of nitrogens with zero attached hydrogens (tertiary/aromatic N) is 2. The number of rotatable bonds is 7. The van der Waals surface area contributed by atoms with Crippen molar-refractivity contribution in [1.29, 1.82) is 0 Å². The van der Waals surface area contributed by atoms with E-state index in [2.05, 4.69) is 17.1 Å². The maximum atomic E-state index is 13.3. The number of carbonyl (C=O) groups excluding carboxylic acids is 2. The van der Waals surface area contributed by atoms with Gasteiger partial charge in [-0.3, -0.25) is 9.59 Å². The lowest BCUT2D eigenvalue weighted by Gasteiger charge is -2.19. The summed E-state index contributed by atoms with van der Waals surface area (Å²) in [5.74, 6) is -2.44. The summed E-state index contributed by atoms with van der Waals surface area (Å²) in [4.78, 5) is 25.4. The number of halogens is 2. The van der Waals surface area contributed by atoms with Gasteiger partial charge in [0.15, 0.2) is 11.5 Å². The van der Waals surface area contributed by atoms with Crippen molar-refractivity contribution in [3.63, 3.8) is 0 Å². The van der Waals surface area contributed by atoms with Gasteiger partial charge in [0.2, 0.25) is 0 Å². The summed E-state index contributed by atoms with van der Waals surface area (Å²) in [5.41, 5.74) is -0.0533. The standard InChI is InChI=1S/C17H17F2N3O3/c1-3-5-22(17(24)11-6-12(18)8-13(19)7-11)10-14-9-15(21-25-14)16(23)20-4-2/h3,6-9H,1,4-5,10H2,2H3,(H,20,23). The number of hydrogen-bond donors (Lipinski definition) is 1. The van der Waals surface area contributed by atoms with Gasteiger partial charge in [0.05, 0.1) is 6.54 Å². The minimum absolute atomic E-state index is 0.0324. The predicted octanol–water partition coefficient (Wildman–Crippen LogP) is 2.53. The van der Waals surface area contributed by atoms with Crippen LogP contribution < -0.4 is 5.32 Å². The highest BCUT2D eigenvalue weighted by atomic mass is 19.1. The first-order valence-electron chi connectivity index (χ1n) is 7.54. The Kier molecular flexibility index (Phi) is 5.99. The molecule has 0 radical (unpaired) electrons. The molecular weight excluding hydrogens is 332 g/mol. The average molecular weight is 349 g/mol. The second-order valence-corrected chi connectivity index (χ2v) is 5.17. The van der Waals surface area contributed by atoms with E-state index in [1.54, 1.807) is 6.92 Å². The Hall–Kier alpha value is -3.03. The van der Waals surface area contributed by atoms with Crippen LogP contribution in [0.2, 0.25) is 0 Å². The van der Waals surface area contributed by atoms with Crippen molar-refractivity contribution in [3.05, 3.63) is 65.6 Å². The summed E-state index contributed by atoms with van der Waals surface area (Å²) >= 11 is 0. The summed E-state index contributed by atoms with van der Waals surface area (Å²) in [6.07, 6.45) is 1.47. The van der Waals surface area contributed by atoms with Crippen molar-refractivity contribution < 1.29 is 22.9 Å². The molecule has 1 N–H and O–H groups in total. The molecule has 2 rings (SSSR count). The third-order valence-electron chi connectivity index (χ3n) is 3.22. The molecule has 2 aromatic rings. The molecule has 0 aliphatic heterocycles. The lowest BCUT2D eigenvalue weighted by atomic mass is 10.1. The van der Waals surface area contributed by atoms with E-state index < -0.39 is 23.4 Å². The predicted molar refractivity (Wildman–Crippen MR) is 85.8 cm³/mol. The number of benzene rings is 1. The molecule has 8 heteroatoms. The lowest BCUT2D eigenvalue weighted by molar-refractivity contribution is 0.0746. The van der Waals surface area contributed by atoms with Gasteiger partial charge in [-0.2, -0.15) is 0 Å². The highest BCUT2D eigenvalue weighted by Gasteiger charge is 2.20. The zero-order valence-corrected chi connectivity index (χ0v) is 13.6. The van der Waals surface area contributed by atoms with Crippen molar-refractivity contribution >= 4 is 11.8 Å². The second kappa shape index (κ2) is 8.18. The van der Waals surface area contributed by atoms with E-state index in [9.17, 15) is 18.4 Å². The molecule has 0 saturated carbocycles. The molecular formula is C17H17F2N3O3. The molecule has 0 saturated heterocycles. The summed E-state index contributed by atoms with van der Waals surface area (Å²) in [5, 5.41) is 6.21. The van der Waals surface area contributed by atoms with Crippen LogP contribution in [0, 0.1) is 11.6 Å². The SMILES string of the molecule is C=CCN(Cc1cc(C(=O)NCC)no1)C(=O)c1cc(F)cc(F)c1. The van der Waals surface area contributed by atoms with E-state index in [4.69, 9.17) is 4.52 Å². The first-order chi connectivity index (χ1) is 11.9. The molecule has 132 valence electrons. The fraction of sp³-hybridized carbons (Fsp3) is 0.235. The van der Waals surface area contributed by atoms with Gasteiger partial charge in [0.25, 0.3) is 11.8 Å². The summed E-state index contributed by atoms with van der Waals surface area (Å²) < 4.78 is 31.7. The number of amides is 2. The van der Waals surface area contributed by atoms with Crippen LogP contribution in [0.15, 0.2) is 41.4 Å². The van der Waals surface area contributed by atoms with Gasteiger partial charge in [-0.1, -0.05) is 11.2 Å². The fourth-order valence-corrected chi connectivity index (χ4v) is 2.17. The molecule has 0 aliphatic carbocycles. The highest BCUT2D eigenvalue weighted by molar-refractivity contribution is 5.94. The molecule has 2 amide bonds. The minimum Gasteiger partial charge on any atom is -0.359 e. The van der Waals surface area contributed by atoms with Crippen molar-refractivity contribution in [3.8, 4) is 0 Å². The number of aromatic nitrogens is 1. The topological polar surface area (TPSA) is 75.4 Å². The van der Waals surface area contributed by atoms with Crippen LogP contribution in [0.25, 0.3) is 0 Å². The van der Waals surface area contributed by atoms with Gasteiger partial charge < -0.3 is 14.7 Å². The van der Waals surface area contributed by atoms with Gasteiger partial charge in [-0.05, 0) is 19.1 Å². The van der Waals surface area contributed by atoms with E-state index >= 15 is 0 Å². The Morgan fingerprint density at radius 3 is 2.56 bits per heavy atom. The van der Waals surface area contributed by atoms with Crippen molar-refractivity contribution in [2.24, 2.45) is 0 Å². The monoisotopic (exact) mass is 349 g/mol. The smallest absolute Gasteiger partial charge is 0.273 e. The van der Waals surface area contributed by atoms with Gasteiger partial charge in [0.1, 0.15) is 11.6 Å². The molecule has 0 bridgehead atoms. The molecule has 25 heavy (non-hydrogen) atoms. The number of carbonyl (C=O) groups is 2. The maximum absolute atomic E-state index is 13.3. The van der Waals surface area contributed by atoms with Crippen LogP contribution >= 0.6 is 0 Å². The zero-order valence-electron chi connectivity index (χ0n) is 13.6. The summed E-state index contributed by atoms with van der Waals surface area (Å²) in [6, 6.07) is 3.98. The van der Waals surface area contributed by atoms with Crippen LogP contribution in [0.3, 0.4) is 0 Å². The Bertz CT molecular complexity index is 769. The largest absolute Gasteiger partial charge is 0.359 e. The van der Waals surface area contributed by atoms with Crippen molar-refractivity contribution in [2.45, 2.75) is 13.5 Å². The van der Waals surface area contributed by atoms with Crippen LogP contribution in [-0.4, -0.2) is 35.0 Å². The van der Waals surface area contributed by atoms with Crippen molar-refractivity contribution in [2.75, 3.05) is 13.1 Å². The van der Waals surface area contributed by atoms with Crippen LogP contribution in [0.1, 0.15) is 33.5 Å². The van der Waals surface area contributed by atoms with Crippen LogP contribution in [0.5, 0.6) is 0 Å². The Morgan fingerprint density at radius 2 is 1.96 bits per heavy atom. The average Bonchev–Trinajstić information content (AvgIpc) is 3.02. The third-order valence-corrected chi connectivity index (χ3v) is 3.22. The van der Waals surface area contributed by atoms with E-state index in [-0.39, 0.29) is 30.1 Å². The minimum atomic E-state index is -0.847. The van der Waals surface area contributed by atoms with Crippen LogP contribution in [-0.2, 0) is 6.54 Å². The molecule has 0 atom stereocenters. The Labute approximate surface area is 143 Å². The molecule has 0 aliphatic rings. The fourth-order valence-electron chi connectivity index (χ4n) is 2.17. The van der Waals surface area contributed by atoms with Gasteiger partial charge in [-0.25, -0.2) is 8.78 Å². The summed E-state index contributed by atoms with van der Waals surface area (Å²) in [7, 11) is 0. The molecule has 0 unspecified atom stereocenters. The molecule has 1 heterocycles. The quantitative estimate of drug-likeness (QED) is 0.780. The van der Waals surface area contributed by atoms with E-state index in [1.165, 1.54) is 17.0 Å². The Balaban J connectivity index is 2.19. The third kappa shape index (κ3) is 4.72. The van der Waals surface area contributed by atoms with Gasteiger partial charge >= 0.3 is 0 Å². The highest BCUT2D eigenvalue weighted by Crippen LogP contribution is 2.14. The van der Waals surface area contributed by atoms with Crippen LogP contribution in [0.4, 0.5) is 8.78 Å². The van der Waals surface area contributed by atoms with Crippen molar-refractivity contribution in [1.82, 2.24) is 15.4 Å². The molecule has 6 nitrogen and oxygen atoms in total. The second-order valence-electron chi connectivity index (χ2n) is 5.17. The number of hydrogen-bond acceptors (Lipinski definition) is 4. The van der Waals surface area contributed by atoms with Gasteiger partial charge in [-0.15, -0.1) is 6.58 Å². The molecule has 1 aromatic carbocycles. The molecule has 0 fully saturated rings. The van der Waals surface area contributed by atoms with Gasteiger partial charge in [0, 0.05) is 30.8 Å². The van der Waals surface area contributed by atoms with E-state index in [1.807, 2.05) is 0 Å². The normalized spacial score (nSPS) is 10.4. The van der Waals surface area contributed by atoms with E-state index in [0.717, 1.165) is 12.1 Å². The first-order valence-corrected chi connectivity index (χ1v) is 7.54. The molecule has 0 spiro atoms. The molecule has 1 aromatic heterocycles. The zero-order chi connectivity index (χ0) is 18.4. The summed E-state index contributed by atoms with van der Waals surface area (Å²) in [6.45, 7) is 5.85. The first kappa shape index (κ1) is 18.3. The maximum Gasteiger partial charge on any atom is 0.273 e. The van der Waals surface area contributed by atoms with E-state index in [0.29, 0.717) is 12.6 Å². The Morgan fingerprint density at radius 1 is 1.28 bits per heavy atom. The number of nitrogens with one attached hydrogen (secondary N) is 1.